The lowest BCUT2D eigenvalue weighted by molar-refractivity contribution is 0.0821. The van der Waals surface area contributed by atoms with E-state index in [0.29, 0.717) is 0 Å². The maximum Gasteiger partial charge on any atom is 0.375 e. The normalized spacial score (nSPS) is 12.3. The molecular formula is C8H3BrF3NO. The summed E-state index contributed by atoms with van der Waals surface area (Å²) in [5.41, 5.74) is -0.194. The molecule has 0 saturated carbocycles. The van der Waals surface area contributed by atoms with Gasteiger partial charge in [0, 0.05) is 15.9 Å². The van der Waals surface area contributed by atoms with Gasteiger partial charge in [0.25, 0.3) is 5.89 Å². The summed E-state index contributed by atoms with van der Waals surface area (Å²) < 4.78 is 42.9. The molecule has 1 aromatic carbocycles. The van der Waals surface area contributed by atoms with E-state index in [0.717, 1.165) is 6.07 Å². The number of rotatable bonds is 1. The smallest absolute Gasteiger partial charge is 0.375 e. The summed E-state index contributed by atoms with van der Waals surface area (Å²) in [5, 5.41) is 0. The average molecular weight is 266 g/mol. The Morgan fingerprint density at radius 2 is 2.07 bits per heavy atom. The minimum absolute atomic E-state index is 0.0686. The quantitative estimate of drug-likeness (QED) is 0.739. The fourth-order valence-corrected chi connectivity index (χ4v) is 1.21. The fraction of sp³-hybridized carbons (Fsp3) is 0.125. The lowest BCUT2D eigenvalue weighted by Crippen LogP contribution is -2.01. The van der Waals surface area contributed by atoms with E-state index in [2.05, 4.69) is 25.3 Å². The van der Waals surface area contributed by atoms with Gasteiger partial charge in [-0.05, 0) is 12.1 Å². The van der Waals surface area contributed by atoms with Gasteiger partial charge in [-0.15, -0.1) is 0 Å². The molecule has 0 fully saturated rings. The van der Waals surface area contributed by atoms with Crippen molar-refractivity contribution in [2.45, 2.75) is 4.83 Å². The number of aromatic nitrogens is 1. The summed E-state index contributed by atoms with van der Waals surface area (Å²) in [5.74, 6) is -1.56. The highest BCUT2D eigenvalue weighted by Crippen LogP contribution is 2.35. The number of hydrogen-bond donors (Lipinski definition) is 0. The SMILES string of the molecule is Fc1cccc2nc(C(F)(F)Br)oc12. The predicted molar refractivity (Wildman–Crippen MR) is 46.8 cm³/mol. The molecule has 74 valence electrons. The van der Waals surface area contributed by atoms with E-state index in [9.17, 15) is 13.2 Å². The average Bonchev–Trinajstić information content (AvgIpc) is 2.48. The zero-order chi connectivity index (χ0) is 10.3. The van der Waals surface area contributed by atoms with E-state index >= 15 is 0 Å². The van der Waals surface area contributed by atoms with Crippen LogP contribution in [0.5, 0.6) is 0 Å². The van der Waals surface area contributed by atoms with Gasteiger partial charge in [-0.25, -0.2) is 9.37 Å². The van der Waals surface area contributed by atoms with Crippen LogP contribution in [-0.4, -0.2) is 4.98 Å². The number of halogens is 4. The molecule has 0 aliphatic carbocycles. The summed E-state index contributed by atoms with van der Waals surface area (Å²) in [6.07, 6.45) is 0. The van der Waals surface area contributed by atoms with Crippen LogP contribution < -0.4 is 0 Å². The molecule has 6 heteroatoms. The number of alkyl halides is 3. The first-order valence-corrected chi connectivity index (χ1v) is 4.40. The molecule has 2 rings (SSSR count). The van der Waals surface area contributed by atoms with E-state index in [1.54, 1.807) is 0 Å². The second-order valence-electron chi connectivity index (χ2n) is 2.60. The zero-order valence-corrected chi connectivity index (χ0v) is 8.19. The number of hydrogen-bond acceptors (Lipinski definition) is 2. The van der Waals surface area contributed by atoms with E-state index in [-0.39, 0.29) is 11.1 Å². The summed E-state index contributed by atoms with van der Waals surface area (Å²) in [6.45, 7) is 0. The third kappa shape index (κ3) is 1.50. The number of oxazole rings is 1. The molecule has 2 aromatic rings. The van der Waals surface area contributed by atoms with Crippen molar-refractivity contribution in [3.63, 3.8) is 0 Å². The number of benzene rings is 1. The molecule has 0 aliphatic heterocycles. The van der Waals surface area contributed by atoms with Crippen LogP contribution in [0.3, 0.4) is 0 Å². The Labute approximate surface area is 84.9 Å². The fourth-order valence-electron chi connectivity index (χ4n) is 1.04. The maximum absolute atomic E-state index is 13.0. The van der Waals surface area contributed by atoms with Crippen molar-refractivity contribution in [3.8, 4) is 0 Å². The lowest BCUT2D eigenvalue weighted by atomic mass is 10.3. The van der Waals surface area contributed by atoms with E-state index in [1.165, 1.54) is 12.1 Å². The molecule has 0 bridgehead atoms. The third-order valence-corrected chi connectivity index (χ3v) is 1.95. The van der Waals surface area contributed by atoms with Crippen LogP contribution in [0.4, 0.5) is 13.2 Å². The topological polar surface area (TPSA) is 26.0 Å². The van der Waals surface area contributed by atoms with E-state index in [4.69, 9.17) is 0 Å². The molecule has 2 nitrogen and oxygen atoms in total. The first-order valence-electron chi connectivity index (χ1n) is 3.61. The Bertz CT molecular complexity index is 477. The second kappa shape index (κ2) is 2.98. The van der Waals surface area contributed by atoms with Crippen molar-refractivity contribution in [3.05, 3.63) is 29.9 Å². The van der Waals surface area contributed by atoms with Gasteiger partial charge in [0.2, 0.25) is 0 Å². The van der Waals surface area contributed by atoms with E-state index in [1.807, 2.05) is 0 Å². The highest BCUT2D eigenvalue weighted by Gasteiger charge is 2.34. The minimum atomic E-state index is -3.38. The first kappa shape index (κ1) is 9.51. The Hall–Kier alpha value is -1.04. The Balaban J connectivity index is 2.69. The molecule has 0 unspecified atom stereocenters. The van der Waals surface area contributed by atoms with E-state index < -0.39 is 16.5 Å². The van der Waals surface area contributed by atoms with Gasteiger partial charge in [-0.2, -0.15) is 8.78 Å². The van der Waals surface area contributed by atoms with Crippen LogP contribution in [0.2, 0.25) is 0 Å². The molecule has 0 aliphatic rings. The first-order chi connectivity index (χ1) is 6.48. The van der Waals surface area contributed by atoms with Crippen LogP contribution in [0.25, 0.3) is 11.1 Å². The standard InChI is InChI=1S/C8H3BrF3NO/c9-8(11,12)7-13-5-3-1-2-4(10)6(5)14-7/h1-3H. The molecule has 0 atom stereocenters. The molecule has 1 heterocycles. The molecular weight excluding hydrogens is 263 g/mol. The van der Waals surface area contributed by atoms with Crippen LogP contribution >= 0.6 is 15.9 Å². The van der Waals surface area contributed by atoms with Crippen LogP contribution in [0, 0.1) is 5.82 Å². The van der Waals surface area contributed by atoms with Crippen LogP contribution in [0.15, 0.2) is 22.6 Å². The molecule has 0 saturated heterocycles. The van der Waals surface area contributed by atoms with Crippen molar-refractivity contribution < 1.29 is 17.6 Å². The molecule has 0 spiro atoms. The summed E-state index contributed by atoms with van der Waals surface area (Å²) in [7, 11) is 0. The highest BCUT2D eigenvalue weighted by atomic mass is 79.9. The molecule has 1 aromatic heterocycles. The number of para-hydroxylation sites is 1. The zero-order valence-electron chi connectivity index (χ0n) is 6.60. The highest BCUT2D eigenvalue weighted by molar-refractivity contribution is 9.09. The van der Waals surface area contributed by atoms with Crippen molar-refractivity contribution in [2.75, 3.05) is 0 Å². The summed E-state index contributed by atoms with van der Waals surface area (Å²) in [4.78, 5) is 0.0647. The van der Waals surface area contributed by atoms with Gasteiger partial charge >= 0.3 is 4.83 Å². The second-order valence-corrected chi connectivity index (χ2v) is 3.60. The van der Waals surface area contributed by atoms with Crippen molar-refractivity contribution in [1.29, 1.82) is 0 Å². The van der Waals surface area contributed by atoms with Gasteiger partial charge in [0.05, 0.1) is 0 Å². The number of nitrogens with zero attached hydrogens (tertiary/aromatic N) is 1. The van der Waals surface area contributed by atoms with Crippen LogP contribution in [-0.2, 0) is 4.83 Å². The Kier molecular flexibility index (Phi) is 2.02. The Morgan fingerprint density at radius 1 is 1.36 bits per heavy atom. The van der Waals surface area contributed by atoms with Crippen LogP contribution in [0.1, 0.15) is 5.89 Å². The molecule has 14 heavy (non-hydrogen) atoms. The van der Waals surface area contributed by atoms with Gasteiger partial charge < -0.3 is 4.42 Å². The maximum atomic E-state index is 13.0. The van der Waals surface area contributed by atoms with Gasteiger partial charge in [0.15, 0.2) is 11.4 Å². The van der Waals surface area contributed by atoms with Gasteiger partial charge in [-0.1, -0.05) is 6.07 Å². The lowest BCUT2D eigenvalue weighted by Gasteiger charge is -1.99. The van der Waals surface area contributed by atoms with Gasteiger partial charge in [-0.3, -0.25) is 0 Å². The largest absolute Gasteiger partial charge is 0.431 e. The Morgan fingerprint density at radius 3 is 2.64 bits per heavy atom. The molecule has 0 N–H and O–H groups in total. The van der Waals surface area contributed by atoms with Crippen molar-refractivity contribution >= 4 is 27.0 Å². The van der Waals surface area contributed by atoms with Crippen molar-refractivity contribution in [1.82, 2.24) is 4.98 Å². The molecule has 0 radical (unpaired) electrons. The summed E-state index contributed by atoms with van der Waals surface area (Å²) in [6, 6.07) is 3.88. The number of fused-ring (bicyclic) bond motifs is 1. The monoisotopic (exact) mass is 265 g/mol. The third-order valence-electron chi connectivity index (χ3n) is 1.61. The summed E-state index contributed by atoms with van der Waals surface area (Å²) >= 11 is 2.08. The van der Waals surface area contributed by atoms with Gasteiger partial charge in [0.1, 0.15) is 5.52 Å². The minimum Gasteiger partial charge on any atom is -0.431 e. The van der Waals surface area contributed by atoms with Crippen molar-refractivity contribution in [2.24, 2.45) is 0 Å². The predicted octanol–water partition coefficient (Wildman–Crippen LogP) is 3.41. The molecule has 0 amide bonds.